The van der Waals surface area contributed by atoms with Gasteiger partial charge in [-0.05, 0) is 38.5 Å². The number of nitrogens with one attached hydrogen (secondary N) is 1. The van der Waals surface area contributed by atoms with Crippen LogP contribution in [0, 0.1) is 5.82 Å². The van der Waals surface area contributed by atoms with Crippen molar-refractivity contribution in [2.24, 2.45) is 0 Å². The first-order chi connectivity index (χ1) is 8.33. The van der Waals surface area contributed by atoms with Gasteiger partial charge in [0.05, 0.1) is 11.0 Å². The summed E-state index contributed by atoms with van der Waals surface area (Å²) in [5, 5.41) is 2.73. The molecule has 0 fully saturated rings. The van der Waals surface area contributed by atoms with Gasteiger partial charge in [-0.2, -0.15) is 0 Å². The fourth-order valence-electron chi connectivity index (χ4n) is 1.55. The molecule has 0 radical (unpaired) electrons. The summed E-state index contributed by atoms with van der Waals surface area (Å²) in [4.78, 5) is 0. The number of sulfone groups is 1. The van der Waals surface area contributed by atoms with Gasteiger partial charge in [0.25, 0.3) is 0 Å². The second-order valence-corrected chi connectivity index (χ2v) is 7.32. The Kier molecular flexibility index (Phi) is 5.28. The number of hydrogen-bond donors (Lipinski definition) is 1. The minimum atomic E-state index is -3.02. The highest BCUT2D eigenvalue weighted by Gasteiger charge is 2.16. The van der Waals surface area contributed by atoms with Crippen molar-refractivity contribution in [3.8, 4) is 0 Å². The zero-order valence-electron chi connectivity index (χ0n) is 11.0. The van der Waals surface area contributed by atoms with Crippen LogP contribution in [0.2, 0.25) is 0 Å². The summed E-state index contributed by atoms with van der Waals surface area (Å²) < 4.78 is 36.2. The van der Waals surface area contributed by atoms with E-state index in [2.05, 4.69) is 5.32 Å². The molecule has 18 heavy (non-hydrogen) atoms. The van der Waals surface area contributed by atoms with Gasteiger partial charge in [-0.3, -0.25) is 0 Å². The highest BCUT2D eigenvalue weighted by molar-refractivity contribution is 7.92. The van der Waals surface area contributed by atoms with Crippen molar-refractivity contribution in [2.75, 3.05) is 12.3 Å². The molecule has 5 heteroatoms. The number of benzene rings is 1. The van der Waals surface area contributed by atoms with E-state index in [-0.39, 0.29) is 22.9 Å². The van der Waals surface area contributed by atoms with Gasteiger partial charge < -0.3 is 5.32 Å². The monoisotopic (exact) mass is 273 g/mol. The molecule has 1 atom stereocenters. The Bertz CT molecular complexity index is 486. The largest absolute Gasteiger partial charge is 0.309 e. The number of halogens is 1. The van der Waals surface area contributed by atoms with Crippen molar-refractivity contribution >= 4 is 9.84 Å². The molecule has 0 bridgehead atoms. The summed E-state index contributed by atoms with van der Waals surface area (Å²) in [6.07, 6.45) is 0. The molecule has 0 unspecified atom stereocenters. The zero-order valence-corrected chi connectivity index (χ0v) is 11.8. The van der Waals surface area contributed by atoms with E-state index < -0.39 is 9.84 Å². The third kappa shape index (κ3) is 4.38. The lowest BCUT2D eigenvalue weighted by atomic mass is 10.1. The van der Waals surface area contributed by atoms with Gasteiger partial charge in [-0.1, -0.05) is 12.1 Å². The Morgan fingerprint density at radius 3 is 2.50 bits per heavy atom. The second-order valence-electron chi connectivity index (χ2n) is 4.65. The molecule has 1 rings (SSSR count). The second kappa shape index (κ2) is 6.29. The fraction of sp³-hybridized carbons (Fsp3) is 0.538. The van der Waals surface area contributed by atoms with Crippen LogP contribution in [-0.2, 0) is 9.84 Å². The highest BCUT2D eigenvalue weighted by atomic mass is 32.2. The topological polar surface area (TPSA) is 46.2 Å². The fourth-order valence-corrected chi connectivity index (χ4v) is 2.42. The maximum absolute atomic E-state index is 13.0. The van der Waals surface area contributed by atoms with Crippen molar-refractivity contribution in [3.05, 3.63) is 35.6 Å². The number of rotatable bonds is 6. The molecule has 1 aromatic rings. The van der Waals surface area contributed by atoms with Gasteiger partial charge in [0.1, 0.15) is 5.82 Å². The van der Waals surface area contributed by atoms with E-state index >= 15 is 0 Å². The number of hydrogen-bond acceptors (Lipinski definition) is 3. The standard InChI is InChI=1S/C13H20FNO2S/c1-10(2)18(16,17)8-7-15-11(3)12-5-4-6-13(14)9-12/h4-6,9-11,15H,7-8H2,1-3H3/t11-/m0/s1. The summed E-state index contributed by atoms with van der Waals surface area (Å²) in [5.74, 6) is -0.180. The van der Waals surface area contributed by atoms with Gasteiger partial charge in [-0.25, -0.2) is 12.8 Å². The summed E-state index contributed by atoms with van der Waals surface area (Å²) in [6.45, 7) is 5.60. The Morgan fingerprint density at radius 1 is 1.28 bits per heavy atom. The van der Waals surface area contributed by atoms with E-state index in [1.807, 2.05) is 13.0 Å². The van der Waals surface area contributed by atoms with E-state index in [1.54, 1.807) is 19.9 Å². The van der Waals surface area contributed by atoms with Crippen molar-refractivity contribution in [1.82, 2.24) is 5.32 Å². The molecule has 0 spiro atoms. The van der Waals surface area contributed by atoms with Crippen LogP contribution in [-0.4, -0.2) is 26.0 Å². The SMILES string of the molecule is CC(C)S(=O)(=O)CCN[C@@H](C)c1cccc(F)c1. The molecule has 0 aliphatic rings. The Balaban J connectivity index is 2.50. The van der Waals surface area contributed by atoms with Crippen LogP contribution in [0.1, 0.15) is 32.4 Å². The van der Waals surface area contributed by atoms with Crippen LogP contribution in [0.5, 0.6) is 0 Å². The molecule has 0 aromatic heterocycles. The van der Waals surface area contributed by atoms with Gasteiger partial charge in [-0.15, -0.1) is 0 Å². The zero-order chi connectivity index (χ0) is 13.8. The van der Waals surface area contributed by atoms with Crippen LogP contribution in [0.4, 0.5) is 4.39 Å². The molecule has 0 aliphatic carbocycles. The molecular formula is C13H20FNO2S. The first-order valence-corrected chi connectivity index (χ1v) is 7.75. The minimum absolute atomic E-state index is 0.0666. The molecule has 1 N–H and O–H groups in total. The Labute approximate surface area is 108 Å². The summed E-state index contributed by atoms with van der Waals surface area (Å²) >= 11 is 0. The maximum Gasteiger partial charge on any atom is 0.153 e. The van der Waals surface area contributed by atoms with E-state index in [9.17, 15) is 12.8 Å². The maximum atomic E-state index is 13.0. The van der Waals surface area contributed by atoms with Gasteiger partial charge in [0.15, 0.2) is 9.84 Å². The predicted octanol–water partition coefficient (Wildman–Crippen LogP) is 2.30. The molecular weight excluding hydrogens is 253 g/mol. The summed E-state index contributed by atoms with van der Waals surface area (Å²) in [6, 6.07) is 6.24. The lowest BCUT2D eigenvalue weighted by Crippen LogP contribution is -2.29. The molecule has 0 saturated carbocycles. The first kappa shape index (κ1) is 15.1. The molecule has 0 aliphatic heterocycles. The van der Waals surface area contributed by atoms with Crippen LogP contribution < -0.4 is 5.32 Å². The van der Waals surface area contributed by atoms with E-state index in [4.69, 9.17) is 0 Å². The molecule has 102 valence electrons. The molecule has 0 heterocycles. The van der Waals surface area contributed by atoms with Crippen molar-refractivity contribution in [1.29, 1.82) is 0 Å². The van der Waals surface area contributed by atoms with Crippen molar-refractivity contribution in [3.63, 3.8) is 0 Å². The third-order valence-corrected chi connectivity index (χ3v) is 5.11. The minimum Gasteiger partial charge on any atom is -0.309 e. The van der Waals surface area contributed by atoms with Crippen LogP contribution >= 0.6 is 0 Å². The van der Waals surface area contributed by atoms with E-state index in [0.717, 1.165) is 5.56 Å². The molecule has 1 aromatic carbocycles. The van der Waals surface area contributed by atoms with Crippen LogP contribution in [0.25, 0.3) is 0 Å². The van der Waals surface area contributed by atoms with Crippen molar-refractivity contribution < 1.29 is 12.8 Å². The average molecular weight is 273 g/mol. The van der Waals surface area contributed by atoms with Crippen LogP contribution in [0.15, 0.2) is 24.3 Å². The van der Waals surface area contributed by atoms with Gasteiger partial charge in [0, 0.05) is 12.6 Å². The Hall–Kier alpha value is -0.940. The van der Waals surface area contributed by atoms with E-state index in [1.165, 1.54) is 12.1 Å². The van der Waals surface area contributed by atoms with Gasteiger partial charge in [0.2, 0.25) is 0 Å². The normalized spacial score (nSPS) is 13.8. The third-order valence-electron chi connectivity index (χ3n) is 2.90. The summed E-state index contributed by atoms with van der Waals surface area (Å²) in [5.41, 5.74) is 0.817. The molecule has 0 saturated heterocycles. The van der Waals surface area contributed by atoms with E-state index in [0.29, 0.717) is 6.54 Å². The predicted molar refractivity (Wildman–Crippen MR) is 71.7 cm³/mol. The smallest absolute Gasteiger partial charge is 0.153 e. The summed E-state index contributed by atoms with van der Waals surface area (Å²) in [7, 11) is -3.02. The van der Waals surface area contributed by atoms with Gasteiger partial charge >= 0.3 is 0 Å². The Morgan fingerprint density at radius 2 is 1.94 bits per heavy atom. The lowest BCUT2D eigenvalue weighted by molar-refractivity contribution is 0.562. The quantitative estimate of drug-likeness (QED) is 0.865. The molecule has 0 amide bonds. The molecule has 3 nitrogen and oxygen atoms in total. The highest BCUT2D eigenvalue weighted by Crippen LogP contribution is 2.13. The average Bonchev–Trinajstić information content (AvgIpc) is 2.28. The lowest BCUT2D eigenvalue weighted by Gasteiger charge is -2.15. The first-order valence-electron chi connectivity index (χ1n) is 6.03. The van der Waals surface area contributed by atoms with Crippen molar-refractivity contribution in [2.45, 2.75) is 32.1 Å². The van der Waals surface area contributed by atoms with Crippen LogP contribution in [0.3, 0.4) is 0 Å².